The van der Waals surface area contributed by atoms with Gasteiger partial charge in [-0.15, -0.1) is 0 Å². The molecule has 0 aliphatic heterocycles. The molecule has 0 aliphatic rings. The number of ether oxygens (including phenoxy) is 1. The third kappa shape index (κ3) is 5.02. The van der Waals surface area contributed by atoms with Crippen LogP contribution in [0.25, 0.3) is 0 Å². The number of nitrogens with one attached hydrogen (secondary N) is 2. The Morgan fingerprint density at radius 1 is 1.09 bits per heavy atom. The average Bonchev–Trinajstić information content (AvgIpc) is 2.58. The number of anilines is 1. The molecule has 0 heterocycles. The van der Waals surface area contributed by atoms with Gasteiger partial charge in [0.05, 0.1) is 13.7 Å². The molecule has 1 amide bonds. The zero-order chi connectivity index (χ0) is 16.7. The van der Waals surface area contributed by atoms with Crippen LogP contribution in [-0.4, -0.2) is 19.6 Å². The zero-order valence-corrected chi connectivity index (χ0v) is 13.9. The fourth-order valence-corrected chi connectivity index (χ4v) is 2.27. The van der Waals surface area contributed by atoms with Gasteiger partial charge in [-0.25, -0.2) is 0 Å². The quantitative estimate of drug-likeness (QED) is 0.822. The predicted octanol–water partition coefficient (Wildman–Crippen LogP) is 3.55. The van der Waals surface area contributed by atoms with E-state index in [2.05, 4.69) is 36.6 Å². The molecular weight excluding hydrogens is 288 g/mol. The molecule has 0 atom stereocenters. The van der Waals surface area contributed by atoms with Gasteiger partial charge >= 0.3 is 0 Å². The first-order valence-corrected chi connectivity index (χ1v) is 7.82. The molecular formula is C19H24N2O2. The normalized spacial score (nSPS) is 10.4. The van der Waals surface area contributed by atoms with Crippen LogP contribution in [0.4, 0.5) is 5.69 Å². The number of hydrogen-bond acceptors (Lipinski definition) is 3. The topological polar surface area (TPSA) is 50.4 Å². The molecule has 2 rings (SSSR count). The van der Waals surface area contributed by atoms with Gasteiger partial charge in [0.2, 0.25) is 5.91 Å². The molecule has 0 radical (unpaired) electrons. The van der Waals surface area contributed by atoms with Gasteiger partial charge in [0.1, 0.15) is 5.75 Å². The highest BCUT2D eigenvalue weighted by atomic mass is 16.5. The van der Waals surface area contributed by atoms with Crippen molar-refractivity contribution in [1.29, 1.82) is 0 Å². The number of methoxy groups -OCH3 is 1. The first kappa shape index (κ1) is 16.9. The van der Waals surface area contributed by atoms with Crippen molar-refractivity contribution in [3.05, 3.63) is 59.7 Å². The Kier molecular flexibility index (Phi) is 6.03. The van der Waals surface area contributed by atoms with Gasteiger partial charge in [0.15, 0.2) is 0 Å². The van der Waals surface area contributed by atoms with Crippen molar-refractivity contribution >= 4 is 11.6 Å². The number of amides is 1. The Hall–Kier alpha value is -2.49. The lowest BCUT2D eigenvalue weighted by Gasteiger charge is -2.11. The number of carbonyl (C=O) groups excluding carboxylic acids is 1. The standard InChI is InChI=1S/C19H24N2O2/c1-14(2)15-8-10-17(11-9-15)20-13-19(22)21-12-16-6-4-5-7-18(16)23-3/h4-11,14,20H,12-13H2,1-3H3,(H,21,22). The van der Waals surface area contributed by atoms with Crippen LogP contribution >= 0.6 is 0 Å². The van der Waals surface area contributed by atoms with E-state index in [-0.39, 0.29) is 12.5 Å². The molecule has 0 fully saturated rings. The lowest BCUT2D eigenvalue weighted by molar-refractivity contribution is -0.119. The maximum atomic E-state index is 12.0. The highest BCUT2D eigenvalue weighted by Crippen LogP contribution is 2.17. The summed E-state index contributed by atoms with van der Waals surface area (Å²) < 4.78 is 5.27. The molecule has 0 saturated carbocycles. The summed E-state index contributed by atoms with van der Waals surface area (Å²) in [6, 6.07) is 15.8. The van der Waals surface area contributed by atoms with Gasteiger partial charge in [-0.1, -0.05) is 44.2 Å². The summed E-state index contributed by atoms with van der Waals surface area (Å²) in [7, 11) is 1.63. The molecule has 0 aromatic heterocycles. The van der Waals surface area contributed by atoms with Crippen LogP contribution in [0.3, 0.4) is 0 Å². The molecule has 0 spiro atoms. The van der Waals surface area contributed by atoms with E-state index in [1.807, 2.05) is 36.4 Å². The van der Waals surface area contributed by atoms with Crippen molar-refractivity contribution in [3.63, 3.8) is 0 Å². The van der Waals surface area contributed by atoms with E-state index in [1.165, 1.54) is 5.56 Å². The summed E-state index contributed by atoms with van der Waals surface area (Å²) in [6.07, 6.45) is 0. The van der Waals surface area contributed by atoms with Crippen molar-refractivity contribution in [2.75, 3.05) is 19.0 Å². The van der Waals surface area contributed by atoms with E-state index in [1.54, 1.807) is 7.11 Å². The first-order valence-electron chi connectivity index (χ1n) is 7.82. The molecule has 2 aromatic carbocycles. The monoisotopic (exact) mass is 312 g/mol. The second kappa shape index (κ2) is 8.22. The summed E-state index contributed by atoms with van der Waals surface area (Å²) in [5.74, 6) is 1.24. The Morgan fingerprint density at radius 2 is 1.78 bits per heavy atom. The molecule has 4 nitrogen and oxygen atoms in total. The minimum absolute atomic E-state index is 0.0520. The van der Waals surface area contributed by atoms with Gasteiger partial charge in [0.25, 0.3) is 0 Å². The van der Waals surface area contributed by atoms with E-state index in [9.17, 15) is 4.79 Å². The Labute approximate surface area is 137 Å². The summed E-state index contributed by atoms with van der Waals surface area (Å²) in [4.78, 5) is 12.0. The van der Waals surface area contributed by atoms with Gasteiger partial charge in [-0.05, 0) is 29.7 Å². The lowest BCUT2D eigenvalue weighted by atomic mass is 10.0. The van der Waals surface area contributed by atoms with Crippen LogP contribution < -0.4 is 15.4 Å². The van der Waals surface area contributed by atoms with Crippen molar-refractivity contribution in [3.8, 4) is 5.75 Å². The fourth-order valence-electron chi connectivity index (χ4n) is 2.27. The van der Waals surface area contributed by atoms with E-state index in [0.29, 0.717) is 12.5 Å². The number of benzene rings is 2. The van der Waals surface area contributed by atoms with Crippen LogP contribution in [0, 0.1) is 0 Å². The summed E-state index contributed by atoms with van der Waals surface area (Å²) in [5, 5.41) is 6.02. The summed E-state index contributed by atoms with van der Waals surface area (Å²) in [5.41, 5.74) is 3.20. The van der Waals surface area contributed by atoms with Crippen molar-refractivity contribution < 1.29 is 9.53 Å². The van der Waals surface area contributed by atoms with E-state index >= 15 is 0 Å². The maximum absolute atomic E-state index is 12.0. The minimum atomic E-state index is -0.0520. The molecule has 0 unspecified atom stereocenters. The van der Waals surface area contributed by atoms with Crippen molar-refractivity contribution in [2.45, 2.75) is 26.3 Å². The molecule has 23 heavy (non-hydrogen) atoms. The molecule has 0 saturated heterocycles. The SMILES string of the molecule is COc1ccccc1CNC(=O)CNc1ccc(C(C)C)cc1. The highest BCUT2D eigenvalue weighted by Gasteiger charge is 2.05. The van der Waals surface area contributed by atoms with Gasteiger partial charge in [-0.3, -0.25) is 4.79 Å². The third-order valence-electron chi connectivity index (χ3n) is 3.70. The van der Waals surface area contributed by atoms with Gasteiger partial charge in [0, 0.05) is 17.8 Å². The van der Waals surface area contributed by atoms with Crippen molar-refractivity contribution in [1.82, 2.24) is 5.32 Å². The van der Waals surface area contributed by atoms with Gasteiger partial charge < -0.3 is 15.4 Å². The average molecular weight is 312 g/mol. The second-order valence-corrected chi connectivity index (χ2v) is 5.72. The summed E-state index contributed by atoms with van der Waals surface area (Å²) >= 11 is 0. The smallest absolute Gasteiger partial charge is 0.239 e. The number of para-hydroxylation sites is 1. The second-order valence-electron chi connectivity index (χ2n) is 5.72. The molecule has 2 N–H and O–H groups in total. The Bertz CT molecular complexity index is 636. The third-order valence-corrected chi connectivity index (χ3v) is 3.70. The molecule has 4 heteroatoms. The minimum Gasteiger partial charge on any atom is -0.496 e. The highest BCUT2D eigenvalue weighted by molar-refractivity contribution is 5.80. The largest absolute Gasteiger partial charge is 0.496 e. The van der Waals surface area contributed by atoms with Crippen LogP contribution in [0.2, 0.25) is 0 Å². The predicted molar refractivity (Wildman–Crippen MR) is 93.9 cm³/mol. The number of carbonyl (C=O) groups is 1. The Morgan fingerprint density at radius 3 is 2.43 bits per heavy atom. The first-order chi connectivity index (χ1) is 11.1. The zero-order valence-electron chi connectivity index (χ0n) is 13.9. The van der Waals surface area contributed by atoms with Crippen LogP contribution in [0.5, 0.6) is 5.75 Å². The number of rotatable bonds is 7. The van der Waals surface area contributed by atoms with Crippen LogP contribution in [-0.2, 0) is 11.3 Å². The molecule has 0 bridgehead atoms. The van der Waals surface area contributed by atoms with E-state index in [4.69, 9.17) is 4.74 Å². The van der Waals surface area contributed by atoms with E-state index in [0.717, 1.165) is 17.0 Å². The fraction of sp³-hybridized carbons (Fsp3) is 0.316. The van der Waals surface area contributed by atoms with E-state index < -0.39 is 0 Å². The van der Waals surface area contributed by atoms with Gasteiger partial charge in [-0.2, -0.15) is 0 Å². The summed E-state index contributed by atoms with van der Waals surface area (Å²) in [6.45, 7) is 5.02. The molecule has 122 valence electrons. The number of hydrogen-bond donors (Lipinski definition) is 2. The van der Waals surface area contributed by atoms with Crippen molar-refractivity contribution in [2.24, 2.45) is 0 Å². The van der Waals surface area contributed by atoms with Crippen LogP contribution in [0.1, 0.15) is 30.9 Å². The maximum Gasteiger partial charge on any atom is 0.239 e. The lowest BCUT2D eigenvalue weighted by Crippen LogP contribution is -2.29. The Balaban J connectivity index is 1.81. The molecule has 0 aliphatic carbocycles. The van der Waals surface area contributed by atoms with Crippen LogP contribution in [0.15, 0.2) is 48.5 Å². The molecule has 2 aromatic rings.